The zero-order chi connectivity index (χ0) is 26.8. The predicted molar refractivity (Wildman–Crippen MR) is 148 cm³/mol. The zero-order valence-electron chi connectivity index (χ0n) is 22.1. The summed E-state index contributed by atoms with van der Waals surface area (Å²) < 4.78 is 5.79. The van der Waals surface area contributed by atoms with Crippen molar-refractivity contribution in [3.05, 3.63) is 57.1 Å². The number of carbonyl (C=O) groups excluding carboxylic acids is 1. The Morgan fingerprint density at radius 3 is 2.66 bits per heavy atom. The fraction of sp³-hybridized carbons (Fsp3) is 0.567. The van der Waals surface area contributed by atoms with Crippen LogP contribution in [0, 0.1) is 5.92 Å². The average molecular weight is 560 g/mol. The minimum Gasteiger partial charge on any atom is -0.504 e. The third-order valence-corrected chi connectivity index (χ3v) is 10.6. The second-order valence-corrected chi connectivity index (χ2v) is 12.7. The van der Waals surface area contributed by atoms with Gasteiger partial charge in [0.1, 0.15) is 0 Å². The summed E-state index contributed by atoms with van der Waals surface area (Å²) in [5.74, 6) is 1.33. The van der Waals surface area contributed by atoms with Gasteiger partial charge in [0, 0.05) is 36.7 Å². The topological polar surface area (TPSA) is 73.2 Å². The maximum atomic E-state index is 13.4. The number of aliphatic hydroxyl groups is 1. The molecule has 1 saturated heterocycles. The molecule has 4 aliphatic rings. The summed E-state index contributed by atoms with van der Waals surface area (Å²) in [4.78, 5) is 17.8. The summed E-state index contributed by atoms with van der Waals surface area (Å²) in [5.41, 5.74) is 1.36. The van der Waals surface area contributed by atoms with Crippen molar-refractivity contribution < 1.29 is 19.7 Å². The van der Waals surface area contributed by atoms with Crippen LogP contribution >= 0.6 is 23.2 Å². The van der Waals surface area contributed by atoms with Gasteiger partial charge in [-0.25, -0.2) is 0 Å². The van der Waals surface area contributed by atoms with E-state index >= 15 is 0 Å². The van der Waals surface area contributed by atoms with Gasteiger partial charge < -0.3 is 19.8 Å². The Bertz CT molecular complexity index is 1270. The molecule has 0 unspecified atom stereocenters. The Morgan fingerprint density at radius 2 is 1.95 bits per heavy atom. The number of hydrogen-bond acceptors (Lipinski definition) is 5. The molecule has 3 aliphatic carbocycles. The van der Waals surface area contributed by atoms with E-state index in [0.717, 1.165) is 55.0 Å². The first kappa shape index (κ1) is 26.2. The predicted octanol–water partition coefficient (Wildman–Crippen LogP) is 4.97. The molecule has 2 bridgehead atoms. The van der Waals surface area contributed by atoms with E-state index in [-0.39, 0.29) is 30.2 Å². The number of phenols is 1. The Hall–Kier alpha value is -1.99. The molecule has 6 nitrogen and oxygen atoms in total. The average Bonchev–Trinajstić information content (AvgIpc) is 3.71. The number of hydrogen-bond donors (Lipinski definition) is 2. The fourth-order valence-electron chi connectivity index (χ4n) is 7.70. The van der Waals surface area contributed by atoms with E-state index in [1.165, 1.54) is 12.8 Å². The molecule has 0 radical (unpaired) electrons. The molecule has 204 valence electrons. The van der Waals surface area contributed by atoms with Crippen LogP contribution in [0.1, 0.15) is 55.2 Å². The van der Waals surface area contributed by atoms with Gasteiger partial charge in [0.15, 0.2) is 11.5 Å². The van der Waals surface area contributed by atoms with E-state index < -0.39 is 11.0 Å². The van der Waals surface area contributed by atoms with Gasteiger partial charge in [-0.2, -0.15) is 0 Å². The molecule has 8 heteroatoms. The highest BCUT2D eigenvalue weighted by molar-refractivity contribution is 6.42. The molecular weight excluding hydrogens is 523 g/mol. The van der Waals surface area contributed by atoms with Crippen LogP contribution < -0.4 is 4.74 Å². The lowest BCUT2D eigenvalue weighted by Gasteiger charge is -2.65. The largest absolute Gasteiger partial charge is 0.504 e. The standard InChI is InChI=1S/C30H36Cl2N2O4/c1-33(26(36)14-19-5-7-22(31)23(32)13-19)21-9-10-30(37)25-15-20-6-8-24(35)28(38-2)27(20)29(30,16-21)11-12-34(25)17-18-3-4-18/h5-8,13,18,21,25,35,37H,3-4,9-12,14-17H2,1-2H3/t21-,25+,29+,30+/m0/s1. The third-order valence-electron chi connectivity index (χ3n) is 9.88. The molecule has 1 aliphatic heterocycles. The molecule has 2 N–H and O–H groups in total. The van der Waals surface area contributed by atoms with Gasteiger partial charge in [0.05, 0.1) is 29.2 Å². The van der Waals surface area contributed by atoms with E-state index in [9.17, 15) is 15.0 Å². The van der Waals surface area contributed by atoms with Gasteiger partial charge in [-0.1, -0.05) is 35.3 Å². The molecule has 3 fully saturated rings. The maximum absolute atomic E-state index is 13.4. The molecule has 2 aromatic carbocycles. The van der Waals surface area contributed by atoms with Gasteiger partial charge in [0.2, 0.25) is 5.91 Å². The second kappa shape index (κ2) is 9.58. The summed E-state index contributed by atoms with van der Waals surface area (Å²) >= 11 is 12.3. The van der Waals surface area contributed by atoms with Gasteiger partial charge >= 0.3 is 0 Å². The summed E-state index contributed by atoms with van der Waals surface area (Å²) in [7, 11) is 3.46. The van der Waals surface area contributed by atoms with Crippen molar-refractivity contribution in [2.45, 2.75) is 74.5 Å². The summed E-state index contributed by atoms with van der Waals surface area (Å²) in [5, 5.41) is 24.3. The van der Waals surface area contributed by atoms with Crippen LogP contribution in [0.15, 0.2) is 30.3 Å². The van der Waals surface area contributed by atoms with E-state index in [1.54, 1.807) is 25.3 Å². The first-order chi connectivity index (χ1) is 18.2. The Balaban J connectivity index is 1.34. The van der Waals surface area contributed by atoms with E-state index in [4.69, 9.17) is 27.9 Å². The number of benzene rings is 2. The number of fused-ring (bicyclic) bond motifs is 1. The number of likely N-dealkylation sites (tertiary alicyclic amines) is 1. The van der Waals surface area contributed by atoms with Crippen molar-refractivity contribution in [1.82, 2.24) is 9.80 Å². The molecule has 0 spiro atoms. The SMILES string of the molecule is COc1c(O)ccc2c1[C@]13CCN(CC4CC4)[C@H](C2)[C@]1(O)CC[C@H](N(C)C(=O)Cc1ccc(Cl)c(Cl)c1)C3. The molecule has 2 aromatic rings. The lowest BCUT2D eigenvalue weighted by Crippen LogP contribution is -2.74. The minimum atomic E-state index is -0.946. The van der Waals surface area contributed by atoms with E-state index in [0.29, 0.717) is 28.6 Å². The van der Waals surface area contributed by atoms with Gasteiger partial charge in [-0.05, 0) is 86.7 Å². The Morgan fingerprint density at radius 1 is 1.16 bits per heavy atom. The molecule has 1 heterocycles. The smallest absolute Gasteiger partial charge is 0.226 e. The lowest BCUT2D eigenvalue weighted by atomic mass is 9.48. The molecule has 0 aromatic heterocycles. The van der Waals surface area contributed by atoms with E-state index in [1.807, 2.05) is 24.1 Å². The fourth-order valence-corrected chi connectivity index (χ4v) is 8.02. The van der Waals surface area contributed by atoms with Crippen molar-refractivity contribution >= 4 is 29.1 Å². The number of phenolic OH excluding ortho intramolecular Hbond substituents is 1. The van der Waals surface area contributed by atoms with Gasteiger partial charge in [-0.15, -0.1) is 0 Å². The van der Waals surface area contributed by atoms with Crippen molar-refractivity contribution in [3.8, 4) is 11.5 Å². The first-order valence-electron chi connectivity index (χ1n) is 13.7. The maximum Gasteiger partial charge on any atom is 0.226 e. The van der Waals surface area contributed by atoms with E-state index in [2.05, 4.69) is 4.90 Å². The number of likely N-dealkylation sites (N-methyl/N-ethyl adjacent to an activating group) is 1. The van der Waals surface area contributed by atoms with Crippen molar-refractivity contribution in [1.29, 1.82) is 0 Å². The number of nitrogens with zero attached hydrogens (tertiary/aromatic N) is 2. The highest BCUT2D eigenvalue weighted by Crippen LogP contribution is 2.61. The lowest BCUT2D eigenvalue weighted by molar-refractivity contribution is -0.178. The van der Waals surface area contributed by atoms with Crippen LogP contribution in [0.4, 0.5) is 0 Å². The van der Waals surface area contributed by atoms with Crippen LogP contribution in [-0.2, 0) is 23.1 Å². The summed E-state index contributed by atoms with van der Waals surface area (Å²) in [6.45, 7) is 1.94. The van der Waals surface area contributed by atoms with Gasteiger partial charge in [-0.3, -0.25) is 9.69 Å². The Kier molecular flexibility index (Phi) is 6.62. The van der Waals surface area contributed by atoms with Gasteiger partial charge in [0.25, 0.3) is 0 Å². The van der Waals surface area contributed by atoms with Crippen LogP contribution in [0.25, 0.3) is 0 Å². The number of piperidine rings is 1. The molecule has 2 saturated carbocycles. The van der Waals surface area contributed by atoms with Crippen molar-refractivity contribution in [2.24, 2.45) is 5.92 Å². The van der Waals surface area contributed by atoms with Crippen LogP contribution in [0.2, 0.25) is 10.0 Å². The van der Waals surface area contributed by atoms with Crippen LogP contribution in [0.3, 0.4) is 0 Å². The third kappa shape index (κ3) is 4.11. The monoisotopic (exact) mass is 558 g/mol. The number of carbonyl (C=O) groups is 1. The number of amides is 1. The highest BCUT2D eigenvalue weighted by Gasteiger charge is 2.66. The minimum absolute atomic E-state index is 0.0110. The number of halogens is 2. The molecule has 38 heavy (non-hydrogen) atoms. The number of methoxy groups -OCH3 is 1. The van der Waals surface area contributed by atoms with Crippen LogP contribution in [-0.4, -0.2) is 70.9 Å². The molecular formula is C30H36Cl2N2O4. The number of ether oxygens (including phenoxy) is 1. The molecule has 4 atom stereocenters. The quantitative estimate of drug-likeness (QED) is 0.523. The number of aromatic hydroxyl groups is 1. The number of rotatable bonds is 6. The summed E-state index contributed by atoms with van der Waals surface area (Å²) in [6, 6.07) is 9.01. The normalized spacial score (nSPS) is 30.3. The van der Waals surface area contributed by atoms with Crippen molar-refractivity contribution in [2.75, 3.05) is 27.2 Å². The second-order valence-electron chi connectivity index (χ2n) is 11.9. The Labute approximate surface area is 234 Å². The zero-order valence-corrected chi connectivity index (χ0v) is 23.6. The summed E-state index contributed by atoms with van der Waals surface area (Å²) in [6.07, 6.45) is 6.27. The molecule has 1 amide bonds. The first-order valence-corrected chi connectivity index (χ1v) is 14.5. The highest BCUT2D eigenvalue weighted by atomic mass is 35.5. The van der Waals surface area contributed by atoms with Crippen molar-refractivity contribution in [3.63, 3.8) is 0 Å². The molecule has 6 rings (SSSR count). The van der Waals surface area contributed by atoms with Crippen LogP contribution in [0.5, 0.6) is 11.5 Å².